The first-order valence-electron chi connectivity index (χ1n) is 6.04. The Morgan fingerprint density at radius 3 is 2.43 bits per heavy atom. The molecule has 0 amide bonds. The first-order valence-corrected chi connectivity index (χ1v) is 8.32. The number of benzene rings is 2. The number of hydrogen-bond acceptors (Lipinski definition) is 3. The smallest absolute Gasteiger partial charge is 0.261 e. The minimum absolute atomic E-state index is 0.0693. The molecule has 0 aromatic heterocycles. The van der Waals surface area contributed by atoms with Crippen LogP contribution in [0.4, 0.5) is 15.8 Å². The average molecular weight is 373 g/mol. The molecule has 0 bridgehead atoms. The van der Waals surface area contributed by atoms with E-state index in [-0.39, 0.29) is 9.37 Å². The van der Waals surface area contributed by atoms with Crippen molar-refractivity contribution in [2.75, 3.05) is 10.5 Å². The van der Waals surface area contributed by atoms with Crippen molar-refractivity contribution in [3.8, 4) is 0 Å². The Morgan fingerprint density at radius 1 is 1.14 bits per heavy atom. The highest BCUT2D eigenvalue weighted by molar-refractivity contribution is 9.10. The summed E-state index contributed by atoms with van der Waals surface area (Å²) in [5.74, 6) is -0.449. The SMILES string of the molecule is Cc1cc(N)cc(S(=O)(=O)Nc2cc(Br)c(F)cc2C)c1. The molecule has 7 heteroatoms. The molecule has 2 aromatic rings. The molecule has 4 nitrogen and oxygen atoms in total. The molecule has 0 aliphatic rings. The van der Waals surface area contributed by atoms with E-state index in [2.05, 4.69) is 20.7 Å². The molecule has 0 aliphatic heterocycles. The molecule has 0 unspecified atom stereocenters. The largest absolute Gasteiger partial charge is 0.399 e. The van der Waals surface area contributed by atoms with Gasteiger partial charge in [0.15, 0.2) is 0 Å². The first kappa shape index (κ1) is 15.8. The summed E-state index contributed by atoms with van der Waals surface area (Å²) in [5.41, 5.74) is 7.58. The van der Waals surface area contributed by atoms with Gasteiger partial charge < -0.3 is 5.73 Å². The van der Waals surface area contributed by atoms with Crippen LogP contribution in [0.5, 0.6) is 0 Å². The predicted molar refractivity (Wildman–Crippen MR) is 85.2 cm³/mol. The van der Waals surface area contributed by atoms with Crippen LogP contribution in [0.3, 0.4) is 0 Å². The summed E-state index contributed by atoms with van der Waals surface area (Å²) in [6.07, 6.45) is 0. The molecule has 2 rings (SSSR count). The Bertz CT molecular complexity index is 787. The molecule has 112 valence electrons. The van der Waals surface area contributed by atoms with E-state index in [1.165, 1.54) is 24.3 Å². The van der Waals surface area contributed by atoms with E-state index < -0.39 is 15.8 Å². The number of sulfonamides is 1. The summed E-state index contributed by atoms with van der Waals surface area (Å²) in [7, 11) is -3.78. The Balaban J connectivity index is 2.44. The van der Waals surface area contributed by atoms with Crippen LogP contribution in [0.25, 0.3) is 0 Å². The topological polar surface area (TPSA) is 72.2 Å². The molecule has 0 atom stereocenters. The van der Waals surface area contributed by atoms with Gasteiger partial charge in [0.05, 0.1) is 15.1 Å². The maximum atomic E-state index is 13.4. The third kappa shape index (κ3) is 3.54. The normalized spacial score (nSPS) is 11.4. The maximum Gasteiger partial charge on any atom is 0.261 e. The van der Waals surface area contributed by atoms with E-state index in [4.69, 9.17) is 5.73 Å². The van der Waals surface area contributed by atoms with Crippen molar-refractivity contribution in [3.63, 3.8) is 0 Å². The third-order valence-corrected chi connectivity index (χ3v) is 4.85. The van der Waals surface area contributed by atoms with E-state index in [0.717, 1.165) is 5.56 Å². The average Bonchev–Trinajstić information content (AvgIpc) is 2.34. The van der Waals surface area contributed by atoms with Gasteiger partial charge in [0.2, 0.25) is 0 Å². The van der Waals surface area contributed by atoms with Gasteiger partial charge in [-0.15, -0.1) is 0 Å². The van der Waals surface area contributed by atoms with Crippen LogP contribution in [0.15, 0.2) is 39.7 Å². The Labute approximate surface area is 131 Å². The number of rotatable bonds is 3. The fourth-order valence-electron chi connectivity index (χ4n) is 1.89. The lowest BCUT2D eigenvalue weighted by Gasteiger charge is -2.12. The van der Waals surface area contributed by atoms with Gasteiger partial charge in [0.1, 0.15) is 5.82 Å². The molecule has 0 spiro atoms. The summed E-state index contributed by atoms with van der Waals surface area (Å²) in [6, 6.07) is 7.22. The molecular formula is C14H14BrFN2O2S. The summed E-state index contributed by atoms with van der Waals surface area (Å²) in [6.45, 7) is 3.38. The number of aryl methyl sites for hydroxylation is 2. The number of nitrogens with one attached hydrogen (secondary N) is 1. The molecule has 0 aliphatic carbocycles. The van der Waals surface area contributed by atoms with Gasteiger partial charge in [-0.1, -0.05) is 0 Å². The van der Waals surface area contributed by atoms with E-state index in [1.807, 2.05) is 0 Å². The van der Waals surface area contributed by atoms with Crippen LogP contribution in [0.2, 0.25) is 0 Å². The van der Waals surface area contributed by atoms with Gasteiger partial charge in [-0.05, 0) is 71.2 Å². The van der Waals surface area contributed by atoms with Gasteiger partial charge in [0.25, 0.3) is 10.0 Å². The summed E-state index contributed by atoms with van der Waals surface area (Å²) in [4.78, 5) is 0.0693. The van der Waals surface area contributed by atoms with Crippen molar-refractivity contribution in [3.05, 3.63) is 51.7 Å². The highest BCUT2D eigenvalue weighted by Gasteiger charge is 2.17. The summed E-state index contributed by atoms with van der Waals surface area (Å²) < 4.78 is 40.8. The van der Waals surface area contributed by atoms with Gasteiger partial charge in [-0.25, -0.2) is 12.8 Å². The quantitative estimate of drug-likeness (QED) is 0.808. The number of halogens is 2. The highest BCUT2D eigenvalue weighted by Crippen LogP contribution is 2.27. The van der Waals surface area contributed by atoms with Crippen LogP contribution >= 0.6 is 15.9 Å². The molecule has 2 aromatic carbocycles. The van der Waals surface area contributed by atoms with Crippen LogP contribution in [-0.4, -0.2) is 8.42 Å². The maximum absolute atomic E-state index is 13.4. The van der Waals surface area contributed by atoms with Crippen molar-refractivity contribution in [2.45, 2.75) is 18.7 Å². The molecule has 0 heterocycles. The number of hydrogen-bond donors (Lipinski definition) is 2. The number of anilines is 2. The van der Waals surface area contributed by atoms with Crippen molar-refractivity contribution >= 4 is 37.3 Å². The zero-order chi connectivity index (χ0) is 15.8. The van der Waals surface area contributed by atoms with Gasteiger partial charge >= 0.3 is 0 Å². The lowest BCUT2D eigenvalue weighted by atomic mass is 10.2. The van der Waals surface area contributed by atoms with Crippen LogP contribution in [0, 0.1) is 19.7 Å². The fraction of sp³-hybridized carbons (Fsp3) is 0.143. The second-order valence-electron chi connectivity index (χ2n) is 4.77. The lowest BCUT2D eigenvalue weighted by molar-refractivity contribution is 0.600. The van der Waals surface area contributed by atoms with Crippen LogP contribution < -0.4 is 10.5 Å². The van der Waals surface area contributed by atoms with Gasteiger partial charge in [-0.3, -0.25) is 4.72 Å². The molecule has 21 heavy (non-hydrogen) atoms. The number of nitrogens with two attached hydrogens (primary N) is 1. The van der Waals surface area contributed by atoms with Crippen LogP contribution in [0.1, 0.15) is 11.1 Å². The Hall–Kier alpha value is -1.60. The van der Waals surface area contributed by atoms with Gasteiger partial charge in [0, 0.05) is 5.69 Å². The van der Waals surface area contributed by atoms with E-state index in [9.17, 15) is 12.8 Å². The monoisotopic (exact) mass is 372 g/mol. The Morgan fingerprint density at radius 2 is 1.81 bits per heavy atom. The summed E-state index contributed by atoms with van der Waals surface area (Å²) >= 11 is 3.04. The molecule has 0 saturated heterocycles. The van der Waals surface area contributed by atoms with Crippen molar-refractivity contribution in [1.82, 2.24) is 0 Å². The highest BCUT2D eigenvalue weighted by atomic mass is 79.9. The Kier molecular flexibility index (Phi) is 4.25. The zero-order valence-electron chi connectivity index (χ0n) is 11.4. The lowest BCUT2D eigenvalue weighted by Crippen LogP contribution is -2.14. The second kappa shape index (κ2) is 5.65. The van der Waals surface area contributed by atoms with Crippen molar-refractivity contribution < 1.29 is 12.8 Å². The molecule has 0 saturated carbocycles. The standard InChI is InChI=1S/C14H14BrFN2O2S/c1-8-3-10(17)6-11(4-8)21(19,20)18-14-7-12(15)13(16)5-9(14)2/h3-7,18H,17H2,1-2H3. The fourth-order valence-corrected chi connectivity index (χ4v) is 3.49. The molecule has 0 radical (unpaired) electrons. The summed E-state index contributed by atoms with van der Waals surface area (Å²) in [5, 5.41) is 0. The molecule has 0 fully saturated rings. The third-order valence-electron chi connectivity index (χ3n) is 2.90. The van der Waals surface area contributed by atoms with Crippen molar-refractivity contribution in [2.24, 2.45) is 0 Å². The number of nitrogen functional groups attached to an aromatic ring is 1. The van der Waals surface area contributed by atoms with E-state index in [0.29, 0.717) is 16.9 Å². The molecular weight excluding hydrogens is 359 g/mol. The second-order valence-corrected chi connectivity index (χ2v) is 7.30. The zero-order valence-corrected chi connectivity index (χ0v) is 13.8. The first-order chi connectivity index (χ1) is 9.69. The van der Waals surface area contributed by atoms with E-state index >= 15 is 0 Å². The van der Waals surface area contributed by atoms with Crippen LogP contribution in [-0.2, 0) is 10.0 Å². The minimum atomic E-state index is -3.78. The van der Waals surface area contributed by atoms with Crippen molar-refractivity contribution in [1.29, 1.82) is 0 Å². The van der Waals surface area contributed by atoms with E-state index in [1.54, 1.807) is 19.9 Å². The van der Waals surface area contributed by atoms with Gasteiger partial charge in [-0.2, -0.15) is 0 Å². The predicted octanol–water partition coefficient (Wildman–Crippen LogP) is 3.59. The molecule has 3 N–H and O–H groups in total. The minimum Gasteiger partial charge on any atom is -0.399 e.